The van der Waals surface area contributed by atoms with Crippen molar-refractivity contribution in [3.05, 3.63) is 53.0 Å². The zero-order valence-electron chi connectivity index (χ0n) is 15.4. The summed E-state index contributed by atoms with van der Waals surface area (Å²) in [7, 11) is 1.78. The average Bonchev–Trinajstić information content (AvgIpc) is 3.05. The number of carbonyl (C=O) groups is 2. The standard InChI is InChI=1S/C18H21N5O3S/c1-4-26-16(24)14-13(9-27-18-19-10-20-23(18)3)21-17(25)22-15(14)12-7-5-11(2)6-8-12/h5-8,10,15H,4,9H2,1-3H3,(H2,21,22,25). The number of thioether (sulfide) groups is 1. The molecular formula is C18H21N5O3S. The molecule has 2 heterocycles. The molecule has 3 rings (SSSR count). The molecule has 1 atom stereocenters. The van der Waals surface area contributed by atoms with Gasteiger partial charge in [-0.3, -0.25) is 0 Å². The molecule has 1 aromatic heterocycles. The van der Waals surface area contributed by atoms with Crippen molar-refractivity contribution in [2.75, 3.05) is 12.4 Å². The minimum Gasteiger partial charge on any atom is -0.463 e. The van der Waals surface area contributed by atoms with Crippen LogP contribution in [-0.4, -0.2) is 39.1 Å². The zero-order valence-corrected chi connectivity index (χ0v) is 16.2. The smallest absolute Gasteiger partial charge is 0.338 e. The molecule has 2 amide bonds. The molecule has 1 aliphatic rings. The van der Waals surface area contributed by atoms with Gasteiger partial charge in [-0.15, -0.1) is 0 Å². The summed E-state index contributed by atoms with van der Waals surface area (Å²) < 4.78 is 6.89. The summed E-state index contributed by atoms with van der Waals surface area (Å²) in [6.45, 7) is 3.98. The first kappa shape index (κ1) is 19.0. The fourth-order valence-electron chi connectivity index (χ4n) is 2.74. The van der Waals surface area contributed by atoms with Gasteiger partial charge in [0.15, 0.2) is 5.16 Å². The number of aromatic nitrogens is 3. The van der Waals surface area contributed by atoms with Crippen LogP contribution in [0.1, 0.15) is 24.1 Å². The number of amides is 2. The van der Waals surface area contributed by atoms with Gasteiger partial charge in [-0.05, 0) is 19.4 Å². The first-order valence-electron chi connectivity index (χ1n) is 8.50. The number of aryl methyl sites for hydroxylation is 2. The average molecular weight is 387 g/mol. The maximum absolute atomic E-state index is 12.7. The molecule has 1 aromatic carbocycles. The number of hydrogen-bond acceptors (Lipinski definition) is 6. The second kappa shape index (κ2) is 8.26. The van der Waals surface area contributed by atoms with E-state index in [1.54, 1.807) is 18.7 Å². The molecule has 27 heavy (non-hydrogen) atoms. The van der Waals surface area contributed by atoms with E-state index in [1.807, 2.05) is 31.2 Å². The maximum Gasteiger partial charge on any atom is 0.338 e. The van der Waals surface area contributed by atoms with Gasteiger partial charge in [0, 0.05) is 18.5 Å². The molecule has 2 N–H and O–H groups in total. The van der Waals surface area contributed by atoms with Crippen LogP contribution < -0.4 is 10.6 Å². The van der Waals surface area contributed by atoms with Gasteiger partial charge in [-0.2, -0.15) is 5.10 Å². The fourth-order valence-corrected chi connectivity index (χ4v) is 3.60. The van der Waals surface area contributed by atoms with Gasteiger partial charge in [0.05, 0.1) is 18.2 Å². The normalized spacial score (nSPS) is 16.7. The number of rotatable bonds is 6. The van der Waals surface area contributed by atoms with Crippen molar-refractivity contribution in [2.45, 2.75) is 25.0 Å². The Morgan fingerprint density at radius 2 is 2.07 bits per heavy atom. The molecule has 0 saturated heterocycles. The molecule has 1 unspecified atom stereocenters. The monoisotopic (exact) mass is 387 g/mol. The van der Waals surface area contributed by atoms with Crippen LogP contribution in [0.4, 0.5) is 4.79 Å². The third-order valence-corrected chi connectivity index (χ3v) is 5.14. The van der Waals surface area contributed by atoms with Crippen molar-refractivity contribution in [3.8, 4) is 0 Å². The van der Waals surface area contributed by atoms with E-state index in [9.17, 15) is 9.59 Å². The number of esters is 1. The van der Waals surface area contributed by atoms with E-state index in [2.05, 4.69) is 20.7 Å². The molecule has 0 aliphatic carbocycles. The van der Waals surface area contributed by atoms with E-state index >= 15 is 0 Å². The van der Waals surface area contributed by atoms with E-state index in [4.69, 9.17) is 4.74 Å². The first-order valence-corrected chi connectivity index (χ1v) is 9.49. The summed E-state index contributed by atoms with van der Waals surface area (Å²) in [4.78, 5) is 29.1. The highest BCUT2D eigenvalue weighted by atomic mass is 32.2. The summed E-state index contributed by atoms with van der Waals surface area (Å²) in [5, 5.41) is 10.3. The maximum atomic E-state index is 12.7. The summed E-state index contributed by atoms with van der Waals surface area (Å²) in [6, 6.07) is 6.76. The van der Waals surface area contributed by atoms with Crippen molar-refractivity contribution in [3.63, 3.8) is 0 Å². The van der Waals surface area contributed by atoms with Crippen LogP contribution in [0.25, 0.3) is 0 Å². The van der Waals surface area contributed by atoms with Crippen LogP contribution in [0.3, 0.4) is 0 Å². The Labute approximate surface area is 161 Å². The third-order valence-electron chi connectivity index (χ3n) is 4.08. The number of urea groups is 1. The lowest BCUT2D eigenvalue weighted by atomic mass is 9.95. The highest BCUT2D eigenvalue weighted by Crippen LogP contribution is 2.30. The highest BCUT2D eigenvalue weighted by molar-refractivity contribution is 7.99. The Morgan fingerprint density at radius 3 is 2.70 bits per heavy atom. The summed E-state index contributed by atoms with van der Waals surface area (Å²) in [6.07, 6.45) is 1.46. The molecule has 0 fully saturated rings. The van der Waals surface area contributed by atoms with E-state index < -0.39 is 12.0 Å². The van der Waals surface area contributed by atoms with Crippen molar-refractivity contribution in [1.29, 1.82) is 0 Å². The highest BCUT2D eigenvalue weighted by Gasteiger charge is 2.33. The largest absolute Gasteiger partial charge is 0.463 e. The van der Waals surface area contributed by atoms with Gasteiger partial charge in [0.2, 0.25) is 0 Å². The minimum absolute atomic E-state index is 0.251. The van der Waals surface area contributed by atoms with Crippen LogP contribution >= 0.6 is 11.8 Å². The molecule has 0 saturated carbocycles. The molecular weight excluding hydrogens is 366 g/mol. The van der Waals surface area contributed by atoms with E-state index in [-0.39, 0.29) is 12.6 Å². The molecule has 142 valence electrons. The van der Waals surface area contributed by atoms with Gasteiger partial charge in [0.25, 0.3) is 0 Å². The van der Waals surface area contributed by atoms with Gasteiger partial charge < -0.3 is 15.4 Å². The number of nitrogens with one attached hydrogen (secondary N) is 2. The van der Waals surface area contributed by atoms with Crippen molar-refractivity contribution < 1.29 is 14.3 Å². The third kappa shape index (κ3) is 4.30. The van der Waals surface area contributed by atoms with Gasteiger partial charge in [0.1, 0.15) is 6.33 Å². The summed E-state index contributed by atoms with van der Waals surface area (Å²) >= 11 is 1.38. The Kier molecular flexibility index (Phi) is 5.80. The second-order valence-electron chi connectivity index (χ2n) is 6.01. The van der Waals surface area contributed by atoms with Crippen LogP contribution in [-0.2, 0) is 16.6 Å². The van der Waals surface area contributed by atoms with Crippen LogP contribution in [0, 0.1) is 6.92 Å². The molecule has 8 nitrogen and oxygen atoms in total. The minimum atomic E-state index is -0.575. The molecule has 1 aliphatic heterocycles. The van der Waals surface area contributed by atoms with Crippen molar-refractivity contribution >= 4 is 23.8 Å². The van der Waals surface area contributed by atoms with Crippen molar-refractivity contribution in [1.82, 2.24) is 25.4 Å². The summed E-state index contributed by atoms with van der Waals surface area (Å²) in [5.41, 5.74) is 2.82. The zero-order chi connectivity index (χ0) is 19.4. The Bertz CT molecular complexity index is 875. The fraction of sp³-hybridized carbons (Fsp3) is 0.333. The molecule has 0 radical (unpaired) electrons. The van der Waals surface area contributed by atoms with Gasteiger partial charge in [-0.1, -0.05) is 41.6 Å². The lowest BCUT2D eigenvalue weighted by Gasteiger charge is -2.29. The quantitative estimate of drug-likeness (QED) is 0.582. The van der Waals surface area contributed by atoms with Crippen molar-refractivity contribution in [2.24, 2.45) is 7.05 Å². The van der Waals surface area contributed by atoms with Crippen LogP contribution in [0.2, 0.25) is 0 Å². The topological polar surface area (TPSA) is 98.1 Å². The summed E-state index contributed by atoms with van der Waals surface area (Å²) in [5.74, 6) is -0.0969. The lowest BCUT2D eigenvalue weighted by molar-refractivity contribution is -0.139. The van der Waals surface area contributed by atoms with Crippen LogP contribution in [0.15, 0.2) is 47.0 Å². The lowest BCUT2D eigenvalue weighted by Crippen LogP contribution is -2.46. The predicted molar refractivity (Wildman–Crippen MR) is 101 cm³/mol. The van der Waals surface area contributed by atoms with Gasteiger partial charge in [-0.25, -0.2) is 19.3 Å². The van der Waals surface area contributed by atoms with Crippen LogP contribution in [0.5, 0.6) is 0 Å². The Morgan fingerprint density at radius 1 is 1.33 bits per heavy atom. The Hall–Kier alpha value is -2.81. The van der Waals surface area contributed by atoms with E-state index in [0.29, 0.717) is 22.2 Å². The number of carbonyl (C=O) groups excluding carboxylic acids is 2. The number of hydrogen-bond donors (Lipinski definition) is 2. The molecule has 9 heteroatoms. The number of nitrogens with zero attached hydrogens (tertiary/aromatic N) is 3. The molecule has 0 bridgehead atoms. The second-order valence-corrected chi connectivity index (χ2v) is 6.95. The Balaban J connectivity index is 1.97. The van der Waals surface area contributed by atoms with E-state index in [0.717, 1.165) is 11.1 Å². The predicted octanol–water partition coefficient (Wildman–Crippen LogP) is 2.09. The van der Waals surface area contributed by atoms with Gasteiger partial charge >= 0.3 is 12.0 Å². The SMILES string of the molecule is CCOC(=O)C1=C(CSc2ncnn2C)NC(=O)NC1c1ccc(C)cc1. The molecule has 2 aromatic rings. The number of ether oxygens (including phenoxy) is 1. The van der Waals surface area contributed by atoms with E-state index in [1.165, 1.54) is 18.1 Å². The first-order chi connectivity index (χ1) is 13.0. The molecule has 0 spiro atoms. The number of benzene rings is 1.